The van der Waals surface area contributed by atoms with Gasteiger partial charge in [-0.2, -0.15) is 0 Å². The van der Waals surface area contributed by atoms with E-state index in [0.717, 1.165) is 16.8 Å². The van der Waals surface area contributed by atoms with Gasteiger partial charge in [-0.25, -0.2) is 4.79 Å². The maximum absolute atomic E-state index is 12.9. The summed E-state index contributed by atoms with van der Waals surface area (Å²) in [5.74, 6) is -0.519. The third-order valence-electron chi connectivity index (χ3n) is 5.63. The van der Waals surface area contributed by atoms with E-state index < -0.39 is 11.7 Å². The number of hydrogen-bond acceptors (Lipinski definition) is 4. The summed E-state index contributed by atoms with van der Waals surface area (Å²) in [6, 6.07) is 20.1. The summed E-state index contributed by atoms with van der Waals surface area (Å²) in [5, 5.41) is 8.41. The standard InChI is InChI=1S/C29H31N5O4/c1-29(2,3)38-28(37)32-23-16-25(34(5)18-23)27(36)31-22-13-11-19(12-14-22)20-15-24(33(4)17-20)26(35)30-21-9-7-6-8-10-21/h6-18H,1-5H3,(H,30,35)(H,31,36)(H,32,37). The summed E-state index contributed by atoms with van der Waals surface area (Å²) >= 11 is 0. The number of carbonyl (C=O) groups excluding carboxylic acids is 3. The van der Waals surface area contributed by atoms with Gasteiger partial charge in [-0.1, -0.05) is 30.3 Å². The molecule has 2 aromatic carbocycles. The number of anilines is 3. The molecule has 0 saturated carbocycles. The number of hydrogen-bond donors (Lipinski definition) is 3. The maximum atomic E-state index is 12.9. The number of rotatable bonds is 6. The third-order valence-corrected chi connectivity index (χ3v) is 5.63. The first-order chi connectivity index (χ1) is 18.0. The van der Waals surface area contributed by atoms with Gasteiger partial charge in [0.05, 0.1) is 5.69 Å². The van der Waals surface area contributed by atoms with Crippen molar-refractivity contribution in [2.75, 3.05) is 16.0 Å². The number of amides is 3. The van der Waals surface area contributed by atoms with Gasteiger partial charge in [-0.15, -0.1) is 0 Å². The van der Waals surface area contributed by atoms with E-state index in [2.05, 4.69) is 16.0 Å². The maximum Gasteiger partial charge on any atom is 0.412 e. The molecule has 9 nitrogen and oxygen atoms in total. The Morgan fingerprint density at radius 1 is 0.658 bits per heavy atom. The average Bonchev–Trinajstić information content (AvgIpc) is 3.41. The van der Waals surface area contributed by atoms with Gasteiger partial charge in [0.2, 0.25) is 0 Å². The first-order valence-corrected chi connectivity index (χ1v) is 12.1. The van der Waals surface area contributed by atoms with Crippen LogP contribution in [0.15, 0.2) is 79.1 Å². The van der Waals surface area contributed by atoms with Crippen LogP contribution in [0.1, 0.15) is 41.7 Å². The largest absolute Gasteiger partial charge is 0.444 e. The second-order valence-corrected chi connectivity index (χ2v) is 9.93. The molecule has 0 aliphatic carbocycles. The molecule has 0 bridgehead atoms. The Hall–Kier alpha value is -4.79. The van der Waals surface area contributed by atoms with E-state index in [-0.39, 0.29) is 11.8 Å². The lowest BCUT2D eigenvalue weighted by Crippen LogP contribution is -2.27. The van der Waals surface area contributed by atoms with Gasteiger partial charge in [-0.3, -0.25) is 14.9 Å². The average molecular weight is 514 g/mol. The smallest absolute Gasteiger partial charge is 0.412 e. The summed E-state index contributed by atoms with van der Waals surface area (Å²) in [4.78, 5) is 37.6. The molecule has 9 heteroatoms. The zero-order valence-electron chi connectivity index (χ0n) is 22.0. The van der Waals surface area contributed by atoms with E-state index in [1.54, 1.807) is 61.3 Å². The lowest BCUT2D eigenvalue weighted by molar-refractivity contribution is 0.0635. The first kappa shape index (κ1) is 26.3. The van der Waals surface area contributed by atoms with Crippen LogP contribution in [0.25, 0.3) is 11.1 Å². The van der Waals surface area contributed by atoms with Gasteiger partial charge in [0.15, 0.2) is 0 Å². The fraction of sp³-hybridized carbons (Fsp3) is 0.207. The van der Waals surface area contributed by atoms with Crippen LogP contribution in [0.3, 0.4) is 0 Å². The topological polar surface area (TPSA) is 106 Å². The molecule has 3 amide bonds. The molecule has 0 spiro atoms. The third kappa shape index (κ3) is 6.50. The number of benzene rings is 2. The fourth-order valence-electron chi connectivity index (χ4n) is 3.89. The molecular formula is C29H31N5O4. The summed E-state index contributed by atoms with van der Waals surface area (Å²) in [6.07, 6.45) is 2.94. The highest BCUT2D eigenvalue weighted by Gasteiger charge is 2.19. The Kier molecular flexibility index (Phi) is 7.38. The van der Waals surface area contributed by atoms with Crippen molar-refractivity contribution >= 4 is 35.0 Å². The predicted octanol–water partition coefficient (Wildman–Crippen LogP) is 5.88. The molecule has 196 valence electrons. The molecule has 0 aliphatic heterocycles. The molecule has 3 N–H and O–H groups in total. The number of nitrogens with one attached hydrogen (secondary N) is 3. The van der Waals surface area contributed by atoms with Crippen molar-refractivity contribution in [3.63, 3.8) is 0 Å². The predicted molar refractivity (Wildman–Crippen MR) is 148 cm³/mol. The van der Waals surface area contributed by atoms with E-state index in [4.69, 9.17) is 4.74 Å². The number of aromatic nitrogens is 2. The lowest BCUT2D eigenvalue weighted by Gasteiger charge is -2.19. The minimum atomic E-state index is -0.624. The molecule has 0 aliphatic rings. The molecule has 0 fully saturated rings. The van der Waals surface area contributed by atoms with Crippen molar-refractivity contribution in [2.45, 2.75) is 26.4 Å². The second-order valence-electron chi connectivity index (χ2n) is 9.93. The van der Waals surface area contributed by atoms with Crippen LogP contribution in [0.5, 0.6) is 0 Å². The van der Waals surface area contributed by atoms with Gasteiger partial charge in [0.1, 0.15) is 17.0 Å². The van der Waals surface area contributed by atoms with Gasteiger partial charge in [-0.05, 0) is 62.7 Å². The zero-order valence-corrected chi connectivity index (χ0v) is 22.0. The fourth-order valence-corrected chi connectivity index (χ4v) is 3.89. The Morgan fingerprint density at radius 2 is 1.21 bits per heavy atom. The monoisotopic (exact) mass is 513 g/mol. The normalized spacial score (nSPS) is 11.1. The molecule has 0 saturated heterocycles. The quantitative estimate of drug-likeness (QED) is 0.299. The van der Waals surface area contributed by atoms with E-state index in [1.807, 2.05) is 61.8 Å². The van der Waals surface area contributed by atoms with Crippen LogP contribution in [0, 0.1) is 0 Å². The van der Waals surface area contributed by atoms with Crippen molar-refractivity contribution in [1.29, 1.82) is 0 Å². The SMILES string of the molecule is Cn1cc(NC(=O)OC(C)(C)C)cc1C(=O)Nc1ccc(-c2cc(C(=O)Nc3ccccc3)n(C)c2)cc1. The van der Waals surface area contributed by atoms with Crippen molar-refractivity contribution in [3.05, 3.63) is 90.5 Å². The number of carbonyl (C=O) groups is 3. The van der Waals surface area contributed by atoms with Gasteiger partial charge >= 0.3 is 6.09 Å². The van der Waals surface area contributed by atoms with Crippen LogP contribution in [-0.4, -0.2) is 32.6 Å². The Balaban J connectivity index is 1.41. The molecule has 38 heavy (non-hydrogen) atoms. The molecule has 4 aromatic rings. The van der Waals surface area contributed by atoms with Crippen molar-refractivity contribution in [1.82, 2.24) is 9.13 Å². The summed E-state index contributed by atoms with van der Waals surface area (Å²) in [7, 11) is 3.54. The number of nitrogens with zero attached hydrogens (tertiary/aromatic N) is 2. The second kappa shape index (κ2) is 10.7. The Bertz CT molecular complexity index is 1460. The van der Waals surface area contributed by atoms with E-state index in [0.29, 0.717) is 22.8 Å². The Morgan fingerprint density at radius 3 is 1.82 bits per heavy atom. The highest BCUT2D eigenvalue weighted by atomic mass is 16.6. The lowest BCUT2D eigenvalue weighted by atomic mass is 10.1. The summed E-state index contributed by atoms with van der Waals surface area (Å²) in [6.45, 7) is 5.34. The van der Waals surface area contributed by atoms with Crippen molar-refractivity contribution in [2.24, 2.45) is 14.1 Å². The molecule has 0 radical (unpaired) electrons. The van der Waals surface area contributed by atoms with Crippen LogP contribution >= 0.6 is 0 Å². The van der Waals surface area contributed by atoms with Crippen LogP contribution in [0.2, 0.25) is 0 Å². The summed E-state index contributed by atoms with van der Waals surface area (Å²) < 4.78 is 8.67. The highest BCUT2D eigenvalue weighted by molar-refractivity contribution is 6.05. The number of ether oxygens (including phenoxy) is 1. The van der Waals surface area contributed by atoms with Gasteiger partial charge in [0.25, 0.3) is 11.8 Å². The summed E-state index contributed by atoms with van der Waals surface area (Å²) in [5.41, 5.74) is 3.85. The van der Waals surface area contributed by atoms with Crippen LogP contribution < -0.4 is 16.0 Å². The van der Waals surface area contributed by atoms with Crippen LogP contribution in [-0.2, 0) is 18.8 Å². The van der Waals surface area contributed by atoms with Gasteiger partial charge < -0.3 is 24.5 Å². The minimum absolute atomic E-state index is 0.197. The first-order valence-electron chi connectivity index (χ1n) is 12.1. The number of aryl methyl sites for hydroxylation is 2. The van der Waals surface area contributed by atoms with E-state index in [9.17, 15) is 14.4 Å². The van der Waals surface area contributed by atoms with E-state index >= 15 is 0 Å². The molecule has 2 aromatic heterocycles. The molecule has 2 heterocycles. The van der Waals surface area contributed by atoms with E-state index in [1.165, 1.54) is 0 Å². The zero-order chi connectivity index (χ0) is 27.4. The highest BCUT2D eigenvalue weighted by Crippen LogP contribution is 2.25. The Labute approximate surface area is 221 Å². The molecule has 4 rings (SSSR count). The van der Waals surface area contributed by atoms with Gasteiger partial charge in [0, 0.05) is 43.4 Å². The molecule has 0 unspecified atom stereocenters. The van der Waals surface area contributed by atoms with Crippen molar-refractivity contribution < 1.29 is 19.1 Å². The molecular weight excluding hydrogens is 482 g/mol. The van der Waals surface area contributed by atoms with Crippen molar-refractivity contribution in [3.8, 4) is 11.1 Å². The number of para-hydroxylation sites is 1. The van der Waals surface area contributed by atoms with Crippen LogP contribution in [0.4, 0.5) is 21.9 Å². The minimum Gasteiger partial charge on any atom is -0.444 e. The molecule has 0 atom stereocenters.